The maximum absolute atomic E-state index is 12.5. The molecule has 0 radical (unpaired) electrons. The van der Waals surface area contributed by atoms with Crippen LogP contribution < -0.4 is 5.32 Å². The van der Waals surface area contributed by atoms with Crippen LogP contribution in [0.1, 0.15) is 399 Å². The molecule has 0 aromatic heterocycles. The van der Waals surface area contributed by atoms with Crippen molar-refractivity contribution < 1.29 is 24.5 Å². The van der Waals surface area contributed by atoms with Crippen molar-refractivity contribution in [3.63, 3.8) is 0 Å². The molecule has 472 valence electrons. The van der Waals surface area contributed by atoms with Gasteiger partial charge in [-0.3, -0.25) is 9.59 Å². The van der Waals surface area contributed by atoms with Gasteiger partial charge in [0.05, 0.1) is 25.4 Å². The third-order valence-corrected chi connectivity index (χ3v) is 16.9. The zero-order valence-corrected chi connectivity index (χ0v) is 54.1. The SMILES string of the molecule is CCCCC/C=C\C/C=C\CCCCCCCCCCCC(=O)OCCCCCCCCCCCCCCCCCCCCCCCCCC(=O)NC(CO)C(O)/C=C/CCCCCCCCCCCCCCCCCCCCC. The van der Waals surface area contributed by atoms with Crippen molar-refractivity contribution in [3.8, 4) is 0 Å². The number of esters is 1. The van der Waals surface area contributed by atoms with Gasteiger partial charge in [-0.05, 0) is 64.2 Å². The van der Waals surface area contributed by atoms with Crippen LogP contribution in [-0.4, -0.2) is 47.4 Å². The summed E-state index contributed by atoms with van der Waals surface area (Å²) in [5, 5.41) is 23.3. The standard InChI is InChI=1S/C74H141NO5/c1-3-5-7-9-11-13-15-17-19-21-23-27-31-34-38-42-46-50-54-58-62-66-72(77)71(70-76)75-73(78)67-63-59-55-51-47-43-39-35-32-28-25-24-26-29-33-37-41-45-49-53-57-61-65-69-80-74(79)68-64-60-56-52-48-44-40-36-30-22-20-18-16-14-12-10-8-6-4-2/h12,14,18,20,62,66,71-72,76-77H,3-11,13,15-17,19,21-61,63-65,67-70H2,1-2H3,(H,75,78)/b14-12-,20-18-,66-62+. The van der Waals surface area contributed by atoms with Crippen LogP contribution in [0.5, 0.6) is 0 Å². The average molecular weight is 1120 g/mol. The zero-order chi connectivity index (χ0) is 57.8. The lowest BCUT2D eigenvalue weighted by Gasteiger charge is -2.20. The van der Waals surface area contributed by atoms with Crippen molar-refractivity contribution in [1.29, 1.82) is 0 Å². The van der Waals surface area contributed by atoms with E-state index in [2.05, 4.69) is 43.5 Å². The van der Waals surface area contributed by atoms with E-state index in [9.17, 15) is 19.8 Å². The Labute approximate surface area is 500 Å². The number of amides is 1. The number of aliphatic hydroxyl groups excluding tert-OH is 2. The summed E-state index contributed by atoms with van der Waals surface area (Å²) in [7, 11) is 0. The topological polar surface area (TPSA) is 95.9 Å². The Morgan fingerprint density at radius 2 is 0.625 bits per heavy atom. The van der Waals surface area contributed by atoms with Crippen LogP contribution in [0.2, 0.25) is 0 Å². The van der Waals surface area contributed by atoms with Crippen LogP contribution in [0.15, 0.2) is 36.5 Å². The number of ether oxygens (including phenoxy) is 1. The van der Waals surface area contributed by atoms with Crippen LogP contribution in [0.4, 0.5) is 0 Å². The molecule has 3 N–H and O–H groups in total. The summed E-state index contributed by atoms with van der Waals surface area (Å²) in [6.07, 6.45) is 89.4. The van der Waals surface area contributed by atoms with E-state index in [-0.39, 0.29) is 18.5 Å². The Morgan fingerprint density at radius 3 is 0.975 bits per heavy atom. The van der Waals surface area contributed by atoms with E-state index in [1.807, 2.05) is 6.08 Å². The number of aliphatic hydroxyl groups is 2. The molecule has 0 saturated carbocycles. The molecule has 1 amide bonds. The molecule has 0 aromatic carbocycles. The van der Waals surface area contributed by atoms with Crippen molar-refractivity contribution >= 4 is 11.9 Å². The number of carbonyl (C=O) groups is 2. The molecule has 6 nitrogen and oxygen atoms in total. The van der Waals surface area contributed by atoms with Crippen LogP contribution in [0, 0.1) is 0 Å². The number of carbonyl (C=O) groups excluding carboxylic acids is 2. The summed E-state index contributed by atoms with van der Waals surface area (Å²) >= 11 is 0. The Bertz CT molecular complexity index is 1300. The Balaban J connectivity index is 3.39. The molecule has 2 atom stereocenters. The first-order valence-corrected chi connectivity index (χ1v) is 36.3. The molecule has 6 heteroatoms. The minimum absolute atomic E-state index is 0.0108. The van der Waals surface area contributed by atoms with E-state index in [1.54, 1.807) is 6.08 Å². The van der Waals surface area contributed by atoms with Crippen molar-refractivity contribution in [1.82, 2.24) is 5.32 Å². The summed E-state index contributed by atoms with van der Waals surface area (Å²) < 4.78 is 5.51. The zero-order valence-electron chi connectivity index (χ0n) is 54.1. The normalized spacial score (nSPS) is 12.7. The van der Waals surface area contributed by atoms with Crippen LogP contribution in [-0.2, 0) is 14.3 Å². The molecule has 80 heavy (non-hydrogen) atoms. The number of unbranched alkanes of at least 4 members (excludes halogenated alkanes) is 53. The van der Waals surface area contributed by atoms with Crippen molar-refractivity contribution in [2.24, 2.45) is 0 Å². The molecular formula is C74H141NO5. The van der Waals surface area contributed by atoms with E-state index in [4.69, 9.17) is 4.74 Å². The highest BCUT2D eigenvalue weighted by atomic mass is 16.5. The van der Waals surface area contributed by atoms with Crippen LogP contribution in [0.3, 0.4) is 0 Å². The molecule has 0 aliphatic rings. The van der Waals surface area contributed by atoms with Crippen molar-refractivity contribution in [2.75, 3.05) is 13.2 Å². The lowest BCUT2D eigenvalue weighted by Crippen LogP contribution is -2.45. The molecular weight excluding hydrogens is 983 g/mol. The van der Waals surface area contributed by atoms with Gasteiger partial charge in [0.25, 0.3) is 0 Å². The average Bonchev–Trinajstić information content (AvgIpc) is 3.46. The summed E-state index contributed by atoms with van der Waals surface area (Å²) in [4.78, 5) is 24.6. The first kappa shape index (κ1) is 78.1. The maximum Gasteiger partial charge on any atom is 0.305 e. The van der Waals surface area contributed by atoms with Gasteiger partial charge in [0.1, 0.15) is 0 Å². The number of hydrogen-bond donors (Lipinski definition) is 3. The number of rotatable bonds is 68. The molecule has 0 fully saturated rings. The van der Waals surface area contributed by atoms with Gasteiger partial charge >= 0.3 is 5.97 Å². The Morgan fingerprint density at radius 1 is 0.350 bits per heavy atom. The van der Waals surface area contributed by atoms with Gasteiger partial charge in [-0.1, -0.05) is 359 Å². The fourth-order valence-corrected chi connectivity index (χ4v) is 11.4. The molecule has 0 spiro atoms. The van der Waals surface area contributed by atoms with Crippen LogP contribution in [0.25, 0.3) is 0 Å². The first-order valence-electron chi connectivity index (χ1n) is 36.3. The van der Waals surface area contributed by atoms with E-state index in [0.29, 0.717) is 19.4 Å². The van der Waals surface area contributed by atoms with Gasteiger partial charge in [0.2, 0.25) is 5.91 Å². The van der Waals surface area contributed by atoms with Gasteiger partial charge < -0.3 is 20.3 Å². The van der Waals surface area contributed by atoms with E-state index >= 15 is 0 Å². The minimum atomic E-state index is -0.846. The van der Waals surface area contributed by atoms with Gasteiger partial charge in [0.15, 0.2) is 0 Å². The second-order valence-electron chi connectivity index (χ2n) is 24.9. The fraction of sp³-hybridized carbons (Fsp3) is 0.892. The highest BCUT2D eigenvalue weighted by Gasteiger charge is 2.18. The second kappa shape index (κ2) is 69.6. The third-order valence-electron chi connectivity index (χ3n) is 16.9. The predicted octanol–water partition coefficient (Wildman–Crippen LogP) is 23.5. The summed E-state index contributed by atoms with van der Waals surface area (Å²) in [5.74, 6) is -0.0528. The molecule has 0 saturated heterocycles. The molecule has 0 heterocycles. The second-order valence-corrected chi connectivity index (χ2v) is 24.9. The highest BCUT2D eigenvalue weighted by Crippen LogP contribution is 2.19. The summed E-state index contributed by atoms with van der Waals surface area (Å²) in [6.45, 7) is 4.92. The highest BCUT2D eigenvalue weighted by molar-refractivity contribution is 5.76. The quantitative estimate of drug-likeness (QED) is 0.0320. The summed E-state index contributed by atoms with van der Waals surface area (Å²) in [5.41, 5.74) is 0. The smallest absolute Gasteiger partial charge is 0.305 e. The molecule has 0 bridgehead atoms. The van der Waals surface area contributed by atoms with Crippen molar-refractivity contribution in [3.05, 3.63) is 36.5 Å². The van der Waals surface area contributed by atoms with E-state index in [0.717, 1.165) is 51.4 Å². The summed E-state index contributed by atoms with van der Waals surface area (Å²) in [6, 6.07) is -0.629. The molecule has 0 rings (SSSR count). The fourth-order valence-electron chi connectivity index (χ4n) is 11.4. The van der Waals surface area contributed by atoms with Gasteiger partial charge in [-0.15, -0.1) is 0 Å². The predicted molar refractivity (Wildman–Crippen MR) is 352 cm³/mol. The Kier molecular flexibility index (Phi) is 67.9. The third kappa shape index (κ3) is 65.2. The van der Waals surface area contributed by atoms with Crippen molar-refractivity contribution in [2.45, 2.75) is 411 Å². The molecule has 0 aromatic rings. The number of allylic oxidation sites excluding steroid dienone is 5. The maximum atomic E-state index is 12.5. The largest absolute Gasteiger partial charge is 0.466 e. The monoisotopic (exact) mass is 1120 g/mol. The van der Waals surface area contributed by atoms with E-state index < -0.39 is 12.1 Å². The Hall–Kier alpha value is -1.92. The van der Waals surface area contributed by atoms with E-state index in [1.165, 1.54) is 321 Å². The molecule has 0 aliphatic heterocycles. The van der Waals surface area contributed by atoms with Gasteiger partial charge in [-0.25, -0.2) is 0 Å². The first-order chi connectivity index (χ1) is 39.5. The number of nitrogens with one attached hydrogen (secondary N) is 1. The van der Waals surface area contributed by atoms with Gasteiger partial charge in [-0.2, -0.15) is 0 Å². The lowest BCUT2D eigenvalue weighted by atomic mass is 10.0. The lowest BCUT2D eigenvalue weighted by molar-refractivity contribution is -0.143. The minimum Gasteiger partial charge on any atom is -0.466 e. The molecule has 2 unspecified atom stereocenters. The van der Waals surface area contributed by atoms with Crippen LogP contribution >= 0.6 is 0 Å². The number of hydrogen-bond acceptors (Lipinski definition) is 5. The van der Waals surface area contributed by atoms with Gasteiger partial charge in [0, 0.05) is 12.8 Å². The molecule has 0 aliphatic carbocycles.